The number of hydrogen-bond acceptors (Lipinski definition) is 8. The number of aliphatic hydroxyl groups is 1. The van der Waals surface area contributed by atoms with E-state index in [9.17, 15) is 32.3 Å². The highest BCUT2D eigenvalue weighted by Gasteiger charge is 2.35. The second-order valence-corrected chi connectivity index (χ2v) is 22.2. The van der Waals surface area contributed by atoms with E-state index < -0.39 is 47.1 Å². The maximum atomic E-state index is 13.8. The van der Waals surface area contributed by atoms with Crippen molar-refractivity contribution in [1.29, 1.82) is 0 Å². The Morgan fingerprint density at radius 3 is 1.72 bits per heavy atom. The van der Waals surface area contributed by atoms with E-state index in [2.05, 4.69) is 82.7 Å². The van der Waals surface area contributed by atoms with Crippen LogP contribution in [0.4, 0.5) is 28.0 Å². The third-order valence-electron chi connectivity index (χ3n) is 11.6. The largest absolute Gasteiger partial charge is 0.444 e. The lowest BCUT2D eigenvalue weighted by molar-refractivity contribution is -0.124. The summed E-state index contributed by atoms with van der Waals surface area (Å²) in [5, 5.41) is 20.0. The zero-order valence-corrected chi connectivity index (χ0v) is 45.3. The van der Waals surface area contributed by atoms with Crippen LogP contribution in [0.3, 0.4) is 0 Å². The smallest absolute Gasteiger partial charge is 0.407 e. The number of alkyl carbamates (subject to hydrolysis) is 1. The first-order valence-electron chi connectivity index (χ1n) is 25.6. The molecule has 1 fully saturated rings. The fourth-order valence-electron chi connectivity index (χ4n) is 8.42. The van der Waals surface area contributed by atoms with Crippen molar-refractivity contribution in [3.05, 3.63) is 173 Å². The van der Waals surface area contributed by atoms with E-state index >= 15 is 0 Å². The van der Waals surface area contributed by atoms with Gasteiger partial charge in [0.2, 0.25) is 11.6 Å². The van der Waals surface area contributed by atoms with Crippen molar-refractivity contribution in [3.8, 4) is 11.4 Å². The van der Waals surface area contributed by atoms with Gasteiger partial charge in [0.05, 0.1) is 55.4 Å². The van der Waals surface area contributed by atoms with Crippen molar-refractivity contribution in [2.45, 2.75) is 138 Å². The third kappa shape index (κ3) is 21.0. The van der Waals surface area contributed by atoms with Gasteiger partial charge in [0.15, 0.2) is 0 Å². The molecule has 0 aliphatic carbocycles. The highest BCUT2D eigenvalue weighted by atomic mass is 19.1. The second kappa shape index (κ2) is 27.8. The van der Waals surface area contributed by atoms with Gasteiger partial charge in [-0.25, -0.2) is 37.2 Å². The van der Waals surface area contributed by atoms with E-state index in [1.54, 1.807) is 45.8 Å². The number of aliphatic hydroxyl groups excluding tert-OH is 1. The number of ether oxygens (including phenoxy) is 2. The molecule has 6 aromatic rings. The molecule has 1 aliphatic heterocycles. The van der Waals surface area contributed by atoms with Gasteiger partial charge in [-0.3, -0.25) is 4.79 Å². The normalized spacial score (nSPS) is 14.3. The molecule has 1 aliphatic rings. The van der Waals surface area contributed by atoms with Gasteiger partial charge < -0.3 is 39.7 Å². The highest BCUT2D eigenvalue weighted by molar-refractivity contribution is 5.77. The van der Waals surface area contributed by atoms with Gasteiger partial charge in [-0.1, -0.05) is 78.3 Å². The lowest BCUT2D eigenvalue weighted by atomic mass is 9.91. The topological polar surface area (TPSA) is 152 Å². The van der Waals surface area contributed by atoms with Crippen molar-refractivity contribution < 1.29 is 41.7 Å². The molecule has 4 atom stereocenters. The molecule has 3 heterocycles. The number of benzene rings is 4. The van der Waals surface area contributed by atoms with E-state index in [0.717, 1.165) is 41.9 Å². The number of halogens is 4. The number of nitrogens with one attached hydrogen (secondary N) is 3. The molecular weight excluding hydrogens is 977 g/mol. The molecule has 4 N–H and O–H groups in total. The van der Waals surface area contributed by atoms with Crippen molar-refractivity contribution in [2.24, 2.45) is 17.3 Å². The number of carbonyl (C=O) groups excluding carboxylic acids is 2. The van der Waals surface area contributed by atoms with E-state index in [1.165, 1.54) is 35.4 Å². The lowest BCUT2D eigenvalue weighted by Gasteiger charge is -2.27. The molecule has 4 aromatic carbocycles. The third-order valence-corrected chi connectivity index (χ3v) is 11.6. The number of rotatable bonds is 19. The zero-order valence-electron chi connectivity index (χ0n) is 45.3. The number of amides is 2. The van der Waals surface area contributed by atoms with Gasteiger partial charge in [-0.05, 0) is 122 Å². The molecule has 76 heavy (non-hydrogen) atoms. The van der Waals surface area contributed by atoms with Crippen LogP contribution in [-0.2, 0) is 46.5 Å². The Hall–Kier alpha value is -6.87. The maximum absolute atomic E-state index is 13.8. The number of epoxide rings is 1. The molecule has 1 saturated heterocycles. The highest BCUT2D eigenvalue weighted by Crippen LogP contribution is 2.27. The summed E-state index contributed by atoms with van der Waals surface area (Å²) >= 11 is 0. The van der Waals surface area contributed by atoms with Crippen molar-refractivity contribution in [2.75, 3.05) is 13.2 Å². The molecule has 408 valence electrons. The molecule has 17 heteroatoms. The Bertz CT molecular complexity index is 2790. The van der Waals surface area contributed by atoms with Crippen LogP contribution in [0.5, 0.6) is 0 Å². The van der Waals surface area contributed by atoms with Gasteiger partial charge in [0.25, 0.3) is 0 Å². The Morgan fingerprint density at radius 1 is 0.737 bits per heavy atom. The van der Waals surface area contributed by atoms with Crippen molar-refractivity contribution in [1.82, 2.24) is 35.1 Å². The second-order valence-electron chi connectivity index (χ2n) is 22.2. The van der Waals surface area contributed by atoms with Crippen LogP contribution >= 0.6 is 0 Å². The van der Waals surface area contributed by atoms with Crippen LogP contribution < -0.4 is 16.0 Å². The summed E-state index contributed by atoms with van der Waals surface area (Å²) in [6.45, 7) is 28.3. The maximum Gasteiger partial charge on any atom is 0.407 e. The lowest BCUT2D eigenvalue weighted by Crippen LogP contribution is -2.49. The first-order valence-corrected chi connectivity index (χ1v) is 25.6. The van der Waals surface area contributed by atoms with Crippen LogP contribution in [0, 0.1) is 47.1 Å². The Labute approximate surface area is 445 Å². The van der Waals surface area contributed by atoms with Crippen LogP contribution in [0.25, 0.3) is 16.2 Å². The van der Waals surface area contributed by atoms with Crippen LogP contribution in [0.1, 0.15) is 103 Å². The molecule has 13 nitrogen and oxygen atoms in total. The summed E-state index contributed by atoms with van der Waals surface area (Å²) in [6, 6.07) is 17.9. The predicted molar refractivity (Wildman–Crippen MR) is 287 cm³/mol. The Balaban J connectivity index is 0.000000234. The SMILES string of the molecule is CC(C)(C)OC(=O)N[C@@H](Cc1cc(F)cc(F)c1)[C@H]1CO1.CC(C)Cc1ccc(-n2ccnc2)c(CNC[C@@H](O)[C@H](Cc2cc(F)cc(F)c2)NC(=O)CC(C)(C)C)c1.[C-]#[N+]c1cc(CC(C)C)ccc1-n1ccnc1. The number of aromatic nitrogens is 4. The van der Waals surface area contributed by atoms with Gasteiger partial charge in [0.1, 0.15) is 35.0 Å². The number of carbonyl (C=O) groups is 2. The molecule has 0 unspecified atom stereocenters. The number of nitrogens with zero attached hydrogens (tertiary/aromatic N) is 5. The van der Waals surface area contributed by atoms with Gasteiger partial charge >= 0.3 is 6.09 Å². The van der Waals surface area contributed by atoms with Crippen LogP contribution in [-0.4, -0.2) is 79.3 Å². The van der Waals surface area contributed by atoms with E-state index in [0.29, 0.717) is 41.8 Å². The summed E-state index contributed by atoms with van der Waals surface area (Å²) in [6.07, 6.45) is 11.5. The molecule has 2 aromatic heterocycles. The molecule has 0 saturated carbocycles. The molecular formula is C59H74F4N8O5. The average molecular weight is 1050 g/mol. The monoisotopic (exact) mass is 1050 g/mol. The molecule has 0 spiro atoms. The van der Waals surface area contributed by atoms with E-state index in [4.69, 9.17) is 16.0 Å². The fourth-order valence-corrected chi connectivity index (χ4v) is 8.42. The summed E-state index contributed by atoms with van der Waals surface area (Å²) < 4.78 is 68.2. The van der Waals surface area contributed by atoms with Crippen LogP contribution in [0.2, 0.25) is 0 Å². The Morgan fingerprint density at radius 2 is 1.25 bits per heavy atom. The number of hydrogen-bond donors (Lipinski definition) is 4. The molecule has 0 bridgehead atoms. The predicted octanol–water partition coefficient (Wildman–Crippen LogP) is 11.4. The van der Waals surface area contributed by atoms with E-state index in [-0.39, 0.29) is 49.3 Å². The first kappa shape index (κ1) is 60.0. The Kier molecular flexibility index (Phi) is 21.9. The summed E-state index contributed by atoms with van der Waals surface area (Å²) in [4.78, 5) is 36.2. The van der Waals surface area contributed by atoms with Gasteiger partial charge in [0, 0.05) is 56.4 Å². The quantitative estimate of drug-likeness (QED) is 0.0355. The van der Waals surface area contributed by atoms with Crippen molar-refractivity contribution >= 4 is 17.7 Å². The van der Waals surface area contributed by atoms with Crippen LogP contribution in [0.15, 0.2) is 110 Å². The summed E-state index contributed by atoms with van der Waals surface area (Å²) in [5.74, 6) is -1.77. The standard InChI is InChI=1S/C30H40F2N4O2.C15H19F2NO3.C14H15N3/c1-20(2)10-21-6-7-27(36-9-8-33-19-36)23(11-21)17-34-18-28(37)26(35-29(38)16-30(3,4)5)14-22-12-24(31)15-25(32)13-22;1-15(2,3)21-14(19)18-12(13-8-20-13)6-9-4-10(16)7-11(17)5-9;1-11(2)8-12-4-5-14(13(9-12)15-3)17-7-6-16-10-17/h6-9,11-13,15,19-20,26,28,34,37H,10,14,16-18H2,1-5H3,(H,35,38);4-5,7,12-13H,6,8H2,1-3H3,(H,18,19);4-7,9-11H,8H2,1-2H3/t26-,28+;12-,13+;/m00./s1. The minimum atomic E-state index is -0.985. The zero-order chi connectivity index (χ0) is 55.7. The summed E-state index contributed by atoms with van der Waals surface area (Å²) in [7, 11) is 0. The first-order chi connectivity index (χ1) is 35.8. The van der Waals surface area contributed by atoms with Gasteiger partial charge in [-0.2, -0.15) is 0 Å². The fraction of sp³-hybridized carbons (Fsp3) is 0.441. The van der Waals surface area contributed by atoms with Crippen molar-refractivity contribution in [3.63, 3.8) is 0 Å². The van der Waals surface area contributed by atoms with E-state index in [1.807, 2.05) is 54.4 Å². The molecule has 2 amide bonds. The number of imidazole rings is 2. The summed E-state index contributed by atoms with van der Waals surface area (Å²) in [5.41, 5.74) is 6.03. The average Bonchev–Trinajstić information content (AvgIpc) is 3.71. The van der Waals surface area contributed by atoms with Gasteiger partial charge in [-0.15, -0.1) is 0 Å². The minimum Gasteiger partial charge on any atom is -0.444 e. The molecule has 0 radical (unpaired) electrons. The minimum absolute atomic E-state index is 0.0948. The molecule has 7 rings (SSSR count).